The molecule has 0 aliphatic rings. The van der Waals surface area contributed by atoms with Gasteiger partial charge >= 0.3 is 0 Å². The standard InChI is InChI=1S/C20H22FN5/c1-22-20(24-11-10-16-6-8-18(21)9-7-16)25-14-17-4-2-3-5-19(17)26-13-12-23-15-26/h2-9,12-13,15H,10-11,14H2,1H3,(H2,22,24,25). The molecule has 0 saturated carbocycles. The summed E-state index contributed by atoms with van der Waals surface area (Å²) in [6.07, 6.45) is 6.27. The third-order valence-corrected chi connectivity index (χ3v) is 4.06. The lowest BCUT2D eigenvalue weighted by atomic mass is 10.1. The Bertz CT molecular complexity index is 841. The van der Waals surface area contributed by atoms with Gasteiger partial charge in [-0.05, 0) is 35.7 Å². The average molecular weight is 351 g/mol. The summed E-state index contributed by atoms with van der Waals surface area (Å²) in [7, 11) is 1.75. The third-order valence-electron chi connectivity index (χ3n) is 4.06. The van der Waals surface area contributed by atoms with Crippen molar-refractivity contribution in [1.29, 1.82) is 0 Å². The number of guanidine groups is 1. The first-order valence-electron chi connectivity index (χ1n) is 8.51. The van der Waals surface area contributed by atoms with Gasteiger partial charge in [-0.2, -0.15) is 0 Å². The molecule has 0 aliphatic heterocycles. The molecule has 0 unspecified atom stereocenters. The van der Waals surface area contributed by atoms with Crippen LogP contribution >= 0.6 is 0 Å². The Morgan fingerprint density at radius 2 is 1.92 bits per heavy atom. The molecule has 2 aromatic carbocycles. The van der Waals surface area contributed by atoms with E-state index in [0.29, 0.717) is 13.1 Å². The van der Waals surface area contributed by atoms with Gasteiger partial charge < -0.3 is 15.2 Å². The van der Waals surface area contributed by atoms with E-state index in [1.807, 2.05) is 22.9 Å². The Balaban J connectivity index is 1.54. The second-order valence-corrected chi connectivity index (χ2v) is 5.83. The van der Waals surface area contributed by atoms with Crippen LogP contribution in [0, 0.1) is 5.82 Å². The van der Waals surface area contributed by atoms with Crippen LogP contribution in [0.4, 0.5) is 4.39 Å². The van der Waals surface area contributed by atoms with Crippen molar-refractivity contribution >= 4 is 5.96 Å². The Morgan fingerprint density at radius 3 is 2.65 bits per heavy atom. The van der Waals surface area contributed by atoms with Crippen molar-refractivity contribution in [3.05, 3.63) is 84.2 Å². The van der Waals surface area contributed by atoms with Crippen molar-refractivity contribution in [1.82, 2.24) is 20.2 Å². The van der Waals surface area contributed by atoms with E-state index < -0.39 is 0 Å². The van der Waals surface area contributed by atoms with E-state index in [9.17, 15) is 4.39 Å². The van der Waals surface area contributed by atoms with E-state index in [1.165, 1.54) is 12.1 Å². The first-order chi connectivity index (χ1) is 12.8. The van der Waals surface area contributed by atoms with Gasteiger partial charge in [0.05, 0.1) is 12.0 Å². The molecule has 134 valence electrons. The van der Waals surface area contributed by atoms with E-state index in [0.717, 1.165) is 29.2 Å². The second-order valence-electron chi connectivity index (χ2n) is 5.83. The minimum atomic E-state index is -0.212. The van der Waals surface area contributed by atoms with Crippen molar-refractivity contribution in [2.45, 2.75) is 13.0 Å². The molecular formula is C20H22FN5. The molecule has 0 atom stereocenters. The van der Waals surface area contributed by atoms with Crippen LogP contribution in [0.5, 0.6) is 0 Å². The summed E-state index contributed by atoms with van der Waals surface area (Å²) in [6.45, 7) is 1.36. The van der Waals surface area contributed by atoms with E-state index in [4.69, 9.17) is 0 Å². The zero-order valence-corrected chi connectivity index (χ0v) is 14.7. The fraction of sp³-hybridized carbons (Fsp3) is 0.200. The topological polar surface area (TPSA) is 54.2 Å². The van der Waals surface area contributed by atoms with Gasteiger partial charge in [0.2, 0.25) is 0 Å². The summed E-state index contributed by atoms with van der Waals surface area (Å²) in [4.78, 5) is 8.36. The summed E-state index contributed by atoms with van der Waals surface area (Å²) >= 11 is 0. The zero-order valence-electron chi connectivity index (χ0n) is 14.7. The minimum Gasteiger partial charge on any atom is -0.356 e. The van der Waals surface area contributed by atoms with Gasteiger partial charge in [-0.25, -0.2) is 9.37 Å². The first kappa shape index (κ1) is 17.7. The van der Waals surface area contributed by atoms with E-state index in [2.05, 4.69) is 32.7 Å². The van der Waals surface area contributed by atoms with Crippen LogP contribution in [0.25, 0.3) is 5.69 Å². The maximum absolute atomic E-state index is 12.9. The van der Waals surface area contributed by atoms with Crippen LogP contribution < -0.4 is 10.6 Å². The molecule has 5 nitrogen and oxygen atoms in total. The summed E-state index contributed by atoms with van der Waals surface area (Å²) in [5.74, 6) is 0.517. The average Bonchev–Trinajstić information content (AvgIpc) is 3.21. The number of hydrogen-bond donors (Lipinski definition) is 2. The molecular weight excluding hydrogens is 329 g/mol. The predicted octanol–water partition coefficient (Wildman–Crippen LogP) is 2.92. The minimum absolute atomic E-state index is 0.212. The van der Waals surface area contributed by atoms with Crippen LogP contribution in [0.3, 0.4) is 0 Å². The number of aromatic nitrogens is 2. The van der Waals surface area contributed by atoms with Crippen molar-refractivity contribution < 1.29 is 4.39 Å². The van der Waals surface area contributed by atoms with Gasteiger partial charge in [0, 0.05) is 32.5 Å². The lowest BCUT2D eigenvalue weighted by Gasteiger charge is -2.14. The molecule has 1 aromatic heterocycles. The van der Waals surface area contributed by atoms with Gasteiger partial charge in [-0.1, -0.05) is 30.3 Å². The molecule has 0 saturated heterocycles. The van der Waals surface area contributed by atoms with E-state index in [1.54, 1.807) is 31.7 Å². The lowest BCUT2D eigenvalue weighted by molar-refractivity contribution is 0.626. The molecule has 0 amide bonds. The van der Waals surface area contributed by atoms with Gasteiger partial charge in [0.1, 0.15) is 5.82 Å². The van der Waals surface area contributed by atoms with Crippen LogP contribution in [0.2, 0.25) is 0 Å². The van der Waals surface area contributed by atoms with Gasteiger partial charge in [-0.15, -0.1) is 0 Å². The Labute approximate surface area is 152 Å². The number of rotatable bonds is 6. The summed E-state index contributed by atoms with van der Waals surface area (Å²) in [6, 6.07) is 14.7. The maximum atomic E-state index is 12.9. The maximum Gasteiger partial charge on any atom is 0.191 e. The van der Waals surface area contributed by atoms with Gasteiger partial charge in [0.25, 0.3) is 0 Å². The third kappa shape index (κ3) is 4.69. The van der Waals surface area contributed by atoms with Crippen molar-refractivity contribution in [3.8, 4) is 5.69 Å². The van der Waals surface area contributed by atoms with Crippen LogP contribution in [0.1, 0.15) is 11.1 Å². The summed E-state index contributed by atoms with van der Waals surface area (Å²) in [5, 5.41) is 6.61. The van der Waals surface area contributed by atoms with Crippen LogP contribution in [-0.4, -0.2) is 29.1 Å². The fourth-order valence-electron chi connectivity index (χ4n) is 2.69. The lowest BCUT2D eigenvalue weighted by Crippen LogP contribution is -2.38. The molecule has 0 spiro atoms. The van der Waals surface area contributed by atoms with Crippen molar-refractivity contribution in [3.63, 3.8) is 0 Å². The SMILES string of the molecule is CN=C(NCCc1ccc(F)cc1)NCc1ccccc1-n1ccnc1. The monoisotopic (exact) mass is 351 g/mol. The highest BCUT2D eigenvalue weighted by Gasteiger charge is 2.05. The number of halogens is 1. The van der Waals surface area contributed by atoms with E-state index in [-0.39, 0.29) is 5.82 Å². The highest BCUT2D eigenvalue weighted by Crippen LogP contribution is 2.13. The molecule has 0 radical (unpaired) electrons. The number of nitrogens with zero attached hydrogens (tertiary/aromatic N) is 3. The summed E-state index contributed by atoms with van der Waals surface area (Å²) < 4.78 is 14.9. The van der Waals surface area contributed by atoms with Gasteiger partial charge in [-0.3, -0.25) is 4.99 Å². The van der Waals surface area contributed by atoms with Crippen LogP contribution in [-0.2, 0) is 13.0 Å². The van der Waals surface area contributed by atoms with Crippen molar-refractivity contribution in [2.24, 2.45) is 4.99 Å². The number of nitrogens with one attached hydrogen (secondary N) is 2. The highest BCUT2D eigenvalue weighted by atomic mass is 19.1. The largest absolute Gasteiger partial charge is 0.356 e. The molecule has 1 heterocycles. The number of benzene rings is 2. The fourth-order valence-corrected chi connectivity index (χ4v) is 2.69. The molecule has 3 aromatic rings. The highest BCUT2D eigenvalue weighted by molar-refractivity contribution is 5.79. The Morgan fingerprint density at radius 1 is 1.12 bits per heavy atom. The molecule has 6 heteroatoms. The molecule has 0 bridgehead atoms. The summed E-state index contributed by atoms with van der Waals surface area (Å²) in [5.41, 5.74) is 3.31. The van der Waals surface area contributed by atoms with E-state index >= 15 is 0 Å². The van der Waals surface area contributed by atoms with Crippen LogP contribution in [0.15, 0.2) is 72.2 Å². The predicted molar refractivity (Wildman–Crippen MR) is 102 cm³/mol. The van der Waals surface area contributed by atoms with Crippen molar-refractivity contribution in [2.75, 3.05) is 13.6 Å². The number of para-hydroxylation sites is 1. The normalized spacial score (nSPS) is 11.4. The number of aliphatic imine (C=N–C) groups is 1. The smallest absolute Gasteiger partial charge is 0.191 e. The zero-order chi connectivity index (χ0) is 18.2. The molecule has 2 N–H and O–H groups in total. The van der Waals surface area contributed by atoms with Gasteiger partial charge in [0.15, 0.2) is 5.96 Å². The first-order valence-corrected chi connectivity index (χ1v) is 8.51. The second kappa shape index (κ2) is 8.80. The number of imidazole rings is 1. The molecule has 26 heavy (non-hydrogen) atoms. The molecule has 0 fully saturated rings. The number of hydrogen-bond acceptors (Lipinski definition) is 2. The molecule has 3 rings (SSSR count). The quantitative estimate of drug-likeness (QED) is 0.530. The Hall–Kier alpha value is -3.15. The molecule has 0 aliphatic carbocycles. The Kier molecular flexibility index (Phi) is 5.98.